The van der Waals surface area contributed by atoms with Crippen molar-refractivity contribution >= 4 is 17.4 Å². The van der Waals surface area contributed by atoms with Crippen LogP contribution in [0.5, 0.6) is 0 Å². The summed E-state index contributed by atoms with van der Waals surface area (Å²) in [5.74, 6) is 1.13. The van der Waals surface area contributed by atoms with Crippen LogP contribution in [0.15, 0.2) is 23.4 Å². The fourth-order valence-electron chi connectivity index (χ4n) is 0.734. The molecule has 1 aromatic heterocycles. The molecule has 1 rings (SSSR count). The summed E-state index contributed by atoms with van der Waals surface area (Å²) in [5, 5.41) is 0. The smallest absolute Gasteiger partial charge is 0.0511 e. The normalized spacial score (nSPS) is 9.91. The van der Waals surface area contributed by atoms with E-state index in [1.807, 2.05) is 12.3 Å². The highest BCUT2D eigenvalue weighted by Gasteiger charge is 1.92. The highest BCUT2D eigenvalue weighted by molar-refractivity contribution is 7.99. The monoisotopic (exact) mass is 168 g/mol. The second-order valence-corrected chi connectivity index (χ2v) is 3.47. The molecule has 0 spiro atoms. The molecule has 0 aromatic carbocycles. The minimum absolute atomic E-state index is 0.742. The van der Waals surface area contributed by atoms with Crippen molar-refractivity contribution in [3.8, 4) is 0 Å². The summed E-state index contributed by atoms with van der Waals surface area (Å²) < 4.78 is 0. The summed E-state index contributed by atoms with van der Waals surface area (Å²) >= 11 is 1.79. The number of aromatic nitrogens is 1. The van der Waals surface area contributed by atoms with Gasteiger partial charge in [-0.2, -0.15) is 0 Å². The average molecular weight is 168 g/mol. The van der Waals surface area contributed by atoms with Gasteiger partial charge in [0.2, 0.25) is 0 Å². The van der Waals surface area contributed by atoms with E-state index in [4.69, 9.17) is 5.73 Å². The van der Waals surface area contributed by atoms with Crippen LogP contribution in [0.25, 0.3) is 0 Å². The number of hydrogen-bond donors (Lipinski definition) is 1. The van der Waals surface area contributed by atoms with Crippen molar-refractivity contribution < 1.29 is 0 Å². The predicted molar refractivity (Wildman–Crippen MR) is 49.7 cm³/mol. The second-order valence-electron chi connectivity index (χ2n) is 2.30. The van der Waals surface area contributed by atoms with E-state index >= 15 is 0 Å². The fraction of sp³-hybridized carbons (Fsp3) is 0.375. The van der Waals surface area contributed by atoms with Gasteiger partial charge < -0.3 is 5.73 Å². The zero-order chi connectivity index (χ0) is 8.10. The van der Waals surface area contributed by atoms with Crippen LogP contribution < -0.4 is 5.73 Å². The molecule has 2 nitrogen and oxygen atoms in total. The third kappa shape index (κ3) is 2.80. The summed E-state index contributed by atoms with van der Waals surface area (Å²) in [6.07, 6.45) is 4.69. The van der Waals surface area contributed by atoms with E-state index in [2.05, 4.69) is 11.9 Å². The van der Waals surface area contributed by atoms with E-state index in [9.17, 15) is 0 Å². The lowest BCUT2D eigenvalue weighted by atomic mass is 10.4. The second kappa shape index (κ2) is 4.23. The molecular formula is C8H12N2S. The van der Waals surface area contributed by atoms with Crippen molar-refractivity contribution in [3.05, 3.63) is 18.5 Å². The maximum absolute atomic E-state index is 5.55. The molecule has 1 aromatic rings. The average Bonchev–Trinajstić information content (AvgIpc) is 2.01. The van der Waals surface area contributed by atoms with Gasteiger partial charge in [-0.3, -0.25) is 4.98 Å². The summed E-state index contributed by atoms with van der Waals surface area (Å²) in [4.78, 5) is 5.15. The summed E-state index contributed by atoms with van der Waals surface area (Å²) in [6.45, 7) is 2.16. The number of pyridine rings is 1. The van der Waals surface area contributed by atoms with Crippen molar-refractivity contribution in [2.75, 3.05) is 11.5 Å². The highest BCUT2D eigenvalue weighted by atomic mass is 32.2. The number of nitrogens with zero attached hydrogens (tertiary/aromatic N) is 1. The first-order valence-electron chi connectivity index (χ1n) is 3.66. The van der Waals surface area contributed by atoms with E-state index in [1.54, 1.807) is 18.0 Å². The number of nitrogen functional groups attached to an aromatic ring is 1. The van der Waals surface area contributed by atoms with Gasteiger partial charge in [0.15, 0.2) is 0 Å². The third-order valence-electron chi connectivity index (χ3n) is 1.21. The number of rotatable bonds is 3. The molecular weight excluding hydrogens is 156 g/mol. The van der Waals surface area contributed by atoms with E-state index in [1.165, 1.54) is 6.42 Å². The van der Waals surface area contributed by atoms with E-state index < -0.39 is 0 Å². The van der Waals surface area contributed by atoms with Gasteiger partial charge in [-0.25, -0.2) is 0 Å². The van der Waals surface area contributed by atoms with Crippen molar-refractivity contribution in [2.45, 2.75) is 18.2 Å². The van der Waals surface area contributed by atoms with Crippen LogP contribution in [0.1, 0.15) is 13.3 Å². The van der Waals surface area contributed by atoms with E-state index in [-0.39, 0.29) is 0 Å². The zero-order valence-corrected chi connectivity index (χ0v) is 7.40. The van der Waals surface area contributed by atoms with E-state index in [0.717, 1.165) is 16.3 Å². The van der Waals surface area contributed by atoms with Crippen LogP contribution in [-0.2, 0) is 0 Å². The van der Waals surface area contributed by atoms with Gasteiger partial charge in [-0.05, 0) is 18.2 Å². The Kier molecular flexibility index (Phi) is 3.23. The molecule has 3 heteroatoms. The van der Waals surface area contributed by atoms with Gasteiger partial charge in [-0.1, -0.05) is 6.92 Å². The molecule has 0 atom stereocenters. The molecule has 0 fully saturated rings. The minimum atomic E-state index is 0.742. The van der Waals surface area contributed by atoms with Crippen molar-refractivity contribution in [3.63, 3.8) is 0 Å². The predicted octanol–water partition coefficient (Wildman–Crippen LogP) is 2.17. The van der Waals surface area contributed by atoms with Crippen LogP contribution in [0, 0.1) is 0 Å². The molecule has 0 unspecified atom stereocenters. The molecule has 0 aliphatic heterocycles. The molecule has 11 heavy (non-hydrogen) atoms. The van der Waals surface area contributed by atoms with Crippen LogP contribution in [0.4, 0.5) is 5.69 Å². The van der Waals surface area contributed by atoms with Gasteiger partial charge >= 0.3 is 0 Å². The SMILES string of the molecule is CCCSc1cncc(N)c1. The summed E-state index contributed by atoms with van der Waals surface area (Å²) in [7, 11) is 0. The van der Waals surface area contributed by atoms with Crippen LogP contribution in [0.2, 0.25) is 0 Å². The number of thioether (sulfide) groups is 1. The van der Waals surface area contributed by atoms with Gasteiger partial charge in [-0.15, -0.1) is 11.8 Å². The number of anilines is 1. The quantitative estimate of drug-likeness (QED) is 0.703. The van der Waals surface area contributed by atoms with Crippen LogP contribution in [-0.4, -0.2) is 10.7 Å². The van der Waals surface area contributed by atoms with Crippen LogP contribution in [0.3, 0.4) is 0 Å². The molecule has 0 amide bonds. The molecule has 1 heterocycles. The Bertz CT molecular complexity index is 225. The van der Waals surface area contributed by atoms with Gasteiger partial charge in [0.1, 0.15) is 0 Å². The summed E-state index contributed by atoms with van der Waals surface area (Å²) in [5.41, 5.74) is 6.30. The topological polar surface area (TPSA) is 38.9 Å². The van der Waals surface area contributed by atoms with Crippen molar-refractivity contribution in [2.24, 2.45) is 0 Å². The number of nitrogens with two attached hydrogens (primary N) is 1. The lowest BCUT2D eigenvalue weighted by Gasteiger charge is -1.98. The Hall–Kier alpha value is -0.700. The van der Waals surface area contributed by atoms with E-state index in [0.29, 0.717) is 0 Å². The molecule has 0 saturated heterocycles. The van der Waals surface area contributed by atoms with Gasteiger partial charge in [0, 0.05) is 17.3 Å². The molecule has 0 bridgehead atoms. The fourth-order valence-corrected chi connectivity index (χ4v) is 1.53. The first-order valence-corrected chi connectivity index (χ1v) is 4.65. The molecule has 2 N–H and O–H groups in total. The zero-order valence-electron chi connectivity index (χ0n) is 6.58. The number of hydrogen-bond acceptors (Lipinski definition) is 3. The third-order valence-corrected chi connectivity index (χ3v) is 2.38. The first-order chi connectivity index (χ1) is 5.33. The molecule has 0 saturated carbocycles. The largest absolute Gasteiger partial charge is 0.397 e. The lowest BCUT2D eigenvalue weighted by Crippen LogP contribution is -1.86. The Morgan fingerprint density at radius 3 is 3.00 bits per heavy atom. The maximum atomic E-state index is 5.55. The molecule has 0 aliphatic rings. The lowest BCUT2D eigenvalue weighted by molar-refractivity contribution is 1.10. The molecule has 0 radical (unpaired) electrons. The molecule has 60 valence electrons. The Morgan fingerprint density at radius 2 is 2.36 bits per heavy atom. The van der Waals surface area contributed by atoms with Crippen molar-refractivity contribution in [1.82, 2.24) is 4.98 Å². The standard InChI is InChI=1S/C8H12N2S/c1-2-3-11-8-4-7(9)5-10-6-8/h4-6H,2-3,9H2,1H3. The first kappa shape index (κ1) is 8.40. The Balaban J connectivity index is 2.56. The Morgan fingerprint density at radius 1 is 1.55 bits per heavy atom. The maximum Gasteiger partial charge on any atom is 0.0511 e. The van der Waals surface area contributed by atoms with Gasteiger partial charge in [0.25, 0.3) is 0 Å². The summed E-state index contributed by atoms with van der Waals surface area (Å²) in [6, 6.07) is 1.95. The minimum Gasteiger partial charge on any atom is -0.397 e. The van der Waals surface area contributed by atoms with Crippen LogP contribution >= 0.6 is 11.8 Å². The van der Waals surface area contributed by atoms with Gasteiger partial charge in [0.05, 0.1) is 5.69 Å². The van der Waals surface area contributed by atoms with Crippen molar-refractivity contribution in [1.29, 1.82) is 0 Å². The Labute approximate surface area is 71.2 Å². The molecule has 0 aliphatic carbocycles. The highest BCUT2D eigenvalue weighted by Crippen LogP contribution is 2.18.